The zero-order chi connectivity index (χ0) is 16.4. The van der Waals surface area contributed by atoms with Crippen LogP contribution in [0.1, 0.15) is 25.7 Å². The molecule has 3 rings (SSSR count). The number of sulfonamides is 1. The van der Waals surface area contributed by atoms with Gasteiger partial charge in [0.1, 0.15) is 5.82 Å². The van der Waals surface area contributed by atoms with Gasteiger partial charge in [0, 0.05) is 32.1 Å². The molecule has 2 fully saturated rings. The van der Waals surface area contributed by atoms with E-state index in [1.165, 1.54) is 16.4 Å². The predicted octanol–water partition coefficient (Wildman–Crippen LogP) is 1.85. The Morgan fingerprint density at radius 2 is 1.70 bits per heavy atom. The van der Waals surface area contributed by atoms with Gasteiger partial charge in [-0.05, 0) is 43.5 Å². The quantitative estimate of drug-likeness (QED) is 0.844. The van der Waals surface area contributed by atoms with Crippen molar-refractivity contribution in [1.82, 2.24) is 9.21 Å². The first-order valence-corrected chi connectivity index (χ1v) is 9.47. The highest BCUT2D eigenvalue weighted by Gasteiger charge is 2.32. The second-order valence-corrected chi connectivity index (χ2v) is 8.10. The topological polar surface area (TPSA) is 57.7 Å². The Morgan fingerprint density at radius 3 is 2.30 bits per heavy atom. The maximum Gasteiger partial charge on any atom is 0.243 e. The lowest BCUT2D eigenvalue weighted by Gasteiger charge is -2.31. The second kappa shape index (κ2) is 6.57. The van der Waals surface area contributed by atoms with Crippen molar-refractivity contribution in [3.63, 3.8) is 0 Å². The minimum absolute atomic E-state index is 0.0951. The van der Waals surface area contributed by atoms with E-state index in [1.54, 1.807) is 4.90 Å². The summed E-state index contributed by atoms with van der Waals surface area (Å²) >= 11 is 0. The Morgan fingerprint density at radius 1 is 1.00 bits per heavy atom. The number of hydrogen-bond donors (Lipinski definition) is 0. The van der Waals surface area contributed by atoms with Crippen LogP contribution in [0.2, 0.25) is 0 Å². The van der Waals surface area contributed by atoms with Gasteiger partial charge in [-0.25, -0.2) is 12.8 Å². The zero-order valence-corrected chi connectivity index (χ0v) is 13.8. The van der Waals surface area contributed by atoms with Crippen molar-refractivity contribution in [2.45, 2.75) is 30.6 Å². The third-order valence-corrected chi connectivity index (χ3v) is 6.59. The highest BCUT2D eigenvalue weighted by Crippen LogP contribution is 2.29. The van der Waals surface area contributed by atoms with Gasteiger partial charge in [-0.3, -0.25) is 4.79 Å². The summed E-state index contributed by atoms with van der Waals surface area (Å²) in [4.78, 5) is 14.2. The van der Waals surface area contributed by atoms with Crippen LogP contribution < -0.4 is 0 Å². The molecule has 1 heterocycles. The summed E-state index contributed by atoms with van der Waals surface area (Å²) in [6.45, 7) is 1.70. The summed E-state index contributed by atoms with van der Waals surface area (Å²) < 4.78 is 39.6. The molecule has 23 heavy (non-hydrogen) atoms. The third kappa shape index (κ3) is 3.40. The van der Waals surface area contributed by atoms with Crippen molar-refractivity contribution >= 4 is 15.9 Å². The van der Waals surface area contributed by atoms with Crippen LogP contribution in [0.25, 0.3) is 0 Å². The van der Waals surface area contributed by atoms with Crippen LogP contribution in [-0.4, -0.2) is 49.7 Å². The summed E-state index contributed by atoms with van der Waals surface area (Å²) in [5, 5.41) is 0. The van der Waals surface area contributed by atoms with Gasteiger partial charge < -0.3 is 4.90 Å². The van der Waals surface area contributed by atoms with E-state index >= 15 is 0 Å². The van der Waals surface area contributed by atoms with Crippen molar-refractivity contribution < 1.29 is 17.6 Å². The number of amides is 1. The molecule has 0 spiro atoms. The highest BCUT2D eigenvalue weighted by atomic mass is 32.2. The molecule has 5 nitrogen and oxygen atoms in total. The van der Waals surface area contributed by atoms with E-state index in [4.69, 9.17) is 0 Å². The molecular weight excluding hydrogens is 319 g/mol. The van der Waals surface area contributed by atoms with Crippen molar-refractivity contribution in [3.05, 3.63) is 30.1 Å². The van der Waals surface area contributed by atoms with Crippen LogP contribution in [-0.2, 0) is 14.8 Å². The normalized spacial score (nSPS) is 20.8. The standard InChI is InChI=1S/C16H21FN2O3S/c17-14-5-7-15(8-6-14)23(21,22)19-10-2-9-18(11-12-19)16(20)13-3-1-4-13/h5-8,13H,1-4,9-12H2. The number of carbonyl (C=O) groups excluding carboxylic acids is 1. The minimum Gasteiger partial charge on any atom is -0.341 e. The van der Waals surface area contributed by atoms with Gasteiger partial charge in [0.25, 0.3) is 0 Å². The largest absolute Gasteiger partial charge is 0.341 e. The van der Waals surface area contributed by atoms with Crippen LogP contribution in [0, 0.1) is 11.7 Å². The van der Waals surface area contributed by atoms with E-state index in [9.17, 15) is 17.6 Å². The van der Waals surface area contributed by atoms with Crippen molar-refractivity contribution in [1.29, 1.82) is 0 Å². The molecule has 1 aliphatic heterocycles. The molecule has 1 saturated carbocycles. The first-order valence-electron chi connectivity index (χ1n) is 8.03. The van der Waals surface area contributed by atoms with Gasteiger partial charge in [0.2, 0.25) is 15.9 Å². The molecule has 0 unspecified atom stereocenters. The van der Waals surface area contributed by atoms with Crippen LogP contribution in [0.3, 0.4) is 0 Å². The van der Waals surface area contributed by atoms with Gasteiger partial charge >= 0.3 is 0 Å². The summed E-state index contributed by atoms with van der Waals surface area (Å²) in [6.07, 6.45) is 3.63. The van der Waals surface area contributed by atoms with Crippen LogP contribution in [0.4, 0.5) is 4.39 Å². The van der Waals surface area contributed by atoms with Crippen LogP contribution >= 0.6 is 0 Å². The lowest BCUT2D eigenvalue weighted by Crippen LogP contribution is -2.41. The summed E-state index contributed by atoms with van der Waals surface area (Å²) in [5.41, 5.74) is 0. The molecule has 7 heteroatoms. The molecule has 0 radical (unpaired) electrons. The fourth-order valence-electron chi connectivity index (χ4n) is 3.02. The first kappa shape index (κ1) is 16.4. The van der Waals surface area contributed by atoms with Crippen molar-refractivity contribution in [3.8, 4) is 0 Å². The summed E-state index contributed by atoms with van der Waals surface area (Å²) in [5.74, 6) is -0.162. The van der Waals surface area contributed by atoms with Gasteiger partial charge in [-0.1, -0.05) is 6.42 Å². The number of benzene rings is 1. The van der Waals surface area contributed by atoms with Gasteiger partial charge in [-0.15, -0.1) is 0 Å². The average molecular weight is 340 g/mol. The zero-order valence-electron chi connectivity index (χ0n) is 12.9. The minimum atomic E-state index is -3.63. The molecule has 1 saturated heterocycles. The third-order valence-electron chi connectivity index (χ3n) is 4.67. The fourth-order valence-corrected chi connectivity index (χ4v) is 4.49. The number of hydrogen-bond acceptors (Lipinski definition) is 3. The van der Waals surface area contributed by atoms with Gasteiger partial charge in [0.05, 0.1) is 4.90 Å². The molecule has 1 amide bonds. The fraction of sp³-hybridized carbons (Fsp3) is 0.562. The Kier molecular flexibility index (Phi) is 4.68. The predicted molar refractivity (Wildman–Crippen MR) is 83.7 cm³/mol. The molecule has 1 aromatic rings. The maximum atomic E-state index is 13.0. The molecule has 2 aliphatic rings. The second-order valence-electron chi connectivity index (χ2n) is 6.16. The Hall–Kier alpha value is -1.47. The van der Waals surface area contributed by atoms with Crippen molar-refractivity contribution in [2.24, 2.45) is 5.92 Å². The van der Waals surface area contributed by atoms with E-state index in [1.807, 2.05) is 0 Å². The monoisotopic (exact) mass is 340 g/mol. The number of nitrogens with zero attached hydrogens (tertiary/aromatic N) is 2. The molecule has 1 aromatic carbocycles. The lowest BCUT2D eigenvalue weighted by atomic mass is 9.84. The smallest absolute Gasteiger partial charge is 0.243 e. The molecule has 0 atom stereocenters. The number of carbonyl (C=O) groups is 1. The summed E-state index contributed by atoms with van der Waals surface area (Å²) in [6, 6.07) is 4.87. The number of halogens is 1. The molecule has 0 aromatic heterocycles. The lowest BCUT2D eigenvalue weighted by molar-refractivity contribution is -0.138. The average Bonchev–Trinajstić information content (AvgIpc) is 2.72. The molecule has 1 aliphatic carbocycles. The molecule has 0 bridgehead atoms. The van der Waals surface area contributed by atoms with E-state index < -0.39 is 15.8 Å². The Balaban J connectivity index is 1.69. The van der Waals surface area contributed by atoms with Crippen molar-refractivity contribution in [2.75, 3.05) is 26.2 Å². The van der Waals surface area contributed by atoms with E-state index in [2.05, 4.69) is 0 Å². The van der Waals surface area contributed by atoms with Crippen LogP contribution in [0.15, 0.2) is 29.2 Å². The van der Waals surface area contributed by atoms with Gasteiger partial charge in [0.15, 0.2) is 0 Å². The maximum absolute atomic E-state index is 13.0. The molecule has 0 N–H and O–H groups in total. The Labute approximate surface area is 136 Å². The van der Waals surface area contributed by atoms with Gasteiger partial charge in [-0.2, -0.15) is 4.31 Å². The van der Waals surface area contributed by atoms with E-state index in [-0.39, 0.29) is 23.3 Å². The molecule has 126 valence electrons. The van der Waals surface area contributed by atoms with Crippen LogP contribution in [0.5, 0.6) is 0 Å². The SMILES string of the molecule is O=C(C1CCC1)N1CCCN(S(=O)(=O)c2ccc(F)cc2)CC1. The highest BCUT2D eigenvalue weighted by molar-refractivity contribution is 7.89. The van der Waals surface area contributed by atoms with E-state index in [0.717, 1.165) is 31.4 Å². The molecular formula is C16H21FN2O3S. The number of rotatable bonds is 3. The summed E-state index contributed by atoms with van der Waals surface area (Å²) in [7, 11) is -3.63. The van der Waals surface area contributed by atoms with E-state index in [0.29, 0.717) is 26.1 Å². The Bertz CT molecular complexity index is 671. The first-order chi connectivity index (χ1) is 11.0.